The molecule has 3 aliphatic carbocycles. The number of aromatic nitrogens is 2. The lowest BCUT2D eigenvalue weighted by molar-refractivity contribution is 0.373. The Morgan fingerprint density at radius 2 is 1.94 bits per heavy atom. The van der Waals surface area contributed by atoms with Crippen molar-refractivity contribution in [3.8, 4) is 34.0 Å². The second-order valence-corrected chi connectivity index (χ2v) is 9.43. The summed E-state index contributed by atoms with van der Waals surface area (Å²) in [6.07, 6.45) is 14.6. The molecule has 0 bridgehead atoms. The van der Waals surface area contributed by atoms with Crippen LogP contribution in [0, 0.1) is 25.2 Å². The van der Waals surface area contributed by atoms with Crippen molar-refractivity contribution in [2.45, 2.75) is 39.0 Å². The SMILES string of the molecule is C#Cc1ccsc1-c1nc2cc(C)ccn2c1NCC1CCCCC1.c1cc2cc-2c1. The number of nitrogens with one attached hydrogen (secondary N) is 1. The number of fused-ring (bicyclic) bond motifs is 2. The van der Waals surface area contributed by atoms with Gasteiger partial charge in [0.2, 0.25) is 0 Å². The molecule has 3 nitrogen and oxygen atoms in total. The first-order valence-corrected chi connectivity index (χ1v) is 12.0. The third-order valence-corrected chi connectivity index (χ3v) is 7.13. The quantitative estimate of drug-likeness (QED) is 0.314. The lowest BCUT2D eigenvalue weighted by Crippen LogP contribution is -2.18. The molecule has 3 aliphatic rings. The molecule has 0 saturated heterocycles. The average Bonchev–Trinajstić information content (AvgIpc) is 3.17. The summed E-state index contributed by atoms with van der Waals surface area (Å²) in [7, 11) is 0. The summed E-state index contributed by atoms with van der Waals surface area (Å²) in [5.41, 5.74) is 6.93. The molecule has 31 heavy (non-hydrogen) atoms. The monoisotopic (exact) mass is 425 g/mol. The van der Waals surface area contributed by atoms with E-state index in [4.69, 9.17) is 11.4 Å². The summed E-state index contributed by atoms with van der Waals surface area (Å²) in [5.74, 6) is 4.62. The number of anilines is 1. The molecule has 3 aromatic rings. The smallest absolute Gasteiger partial charge is 0.139 e. The van der Waals surface area contributed by atoms with Gasteiger partial charge in [-0.05, 0) is 72.0 Å². The molecular weight excluding hydrogens is 398 g/mol. The van der Waals surface area contributed by atoms with Gasteiger partial charge in [-0.3, -0.25) is 4.40 Å². The van der Waals surface area contributed by atoms with Crippen LogP contribution in [0.3, 0.4) is 0 Å². The van der Waals surface area contributed by atoms with E-state index in [-0.39, 0.29) is 0 Å². The molecule has 1 fully saturated rings. The van der Waals surface area contributed by atoms with Crippen molar-refractivity contribution in [3.63, 3.8) is 0 Å². The number of nitrogens with zero attached hydrogens (tertiary/aromatic N) is 2. The Hall–Kier alpha value is -3.03. The second-order valence-electron chi connectivity index (χ2n) is 8.51. The first kappa shape index (κ1) is 19.9. The molecule has 6 rings (SSSR count). The Morgan fingerprint density at radius 1 is 1.13 bits per heavy atom. The molecule has 0 radical (unpaired) electrons. The predicted octanol–water partition coefficient (Wildman–Crippen LogP) is 7.01. The maximum atomic E-state index is 5.69. The fraction of sp³-hybridized carbons (Fsp3) is 0.296. The van der Waals surface area contributed by atoms with E-state index in [1.54, 1.807) is 11.3 Å². The highest BCUT2D eigenvalue weighted by molar-refractivity contribution is 7.13. The van der Waals surface area contributed by atoms with Crippen molar-refractivity contribution in [1.82, 2.24) is 9.38 Å². The van der Waals surface area contributed by atoms with Gasteiger partial charge in [-0.2, -0.15) is 0 Å². The highest BCUT2D eigenvalue weighted by Crippen LogP contribution is 2.36. The summed E-state index contributed by atoms with van der Waals surface area (Å²) >= 11 is 1.66. The van der Waals surface area contributed by atoms with E-state index in [1.165, 1.54) is 48.8 Å². The number of hydrogen-bond acceptors (Lipinski definition) is 3. The Morgan fingerprint density at radius 3 is 2.61 bits per heavy atom. The normalized spacial score (nSPS) is 14.6. The number of thiophene rings is 1. The van der Waals surface area contributed by atoms with E-state index in [9.17, 15) is 0 Å². The van der Waals surface area contributed by atoms with Crippen LogP contribution in [0.25, 0.3) is 27.3 Å². The molecule has 1 saturated carbocycles. The third-order valence-electron chi connectivity index (χ3n) is 6.21. The minimum atomic E-state index is 0.757. The largest absolute Gasteiger partial charge is 0.369 e. The minimum absolute atomic E-state index is 0.757. The Labute approximate surface area is 188 Å². The number of pyridine rings is 1. The molecule has 0 aliphatic heterocycles. The number of imidazole rings is 1. The second kappa shape index (κ2) is 8.61. The van der Waals surface area contributed by atoms with Crippen LogP contribution in [0.15, 0.2) is 54.0 Å². The van der Waals surface area contributed by atoms with Gasteiger partial charge in [0.15, 0.2) is 0 Å². The molecule has 3 heterocycles. The minimum Gasteiger partial charge on any atom is -0.369 e. The number of benzene rings is 1. The Balaban J connectivity index is 0.000000289. The molecule has 0 aromatic carbocycles. The van der Waals surface area contributed by atoms with Crippen LogP contribution in [0.4, 0.5) is 5.82 Å². The summed E-state index contributed by atoms with van der Waals surface area (Å²) < 4.78 is 2.16. The van der Waals surface area contributed by atoms with Crippen LogP contribution in [-0.4, -0.2) is 15.9 Å². The van der Waals surface area contributed by atoms with Crippen molar-refractivity contribution < 1.29 is 0 Å². The van der Waals surface area contributed by atoms with Crippen LogP contribution in [0.1, 0.15) is 43.2 Å². The fourth-order valence-electron chi connectivity index (χ4n) is 4.39. The highest BCUT2D eigenvalue weighted by atomic mass is 32.1. The van der Waals surface area contributed by atoms with Gasteiger partial charge < -0.3 is 5.32 Å². The molecule has 156 valence electrons. The van der Waals surface area contributed by atoms with Crippen molar-refractivity contribution >= 4 is 22.8 Å². The lowest BCUT2D eigenvalue weighted by Gasteiger charge is -2.22. The van der Waals surface area contributed by atoms with Crippen LogP contribution in [0.5, 0.6) is 0 Å². The summed E-state index contributed by atoms with van der Waals surface area (Å²) in [6, 6.07) is 14.7. The van der Waals surface area contributed by atoms with Crippen molar-refractivity contribution in [1.29, 1.82) is 0 Å². The maximum Gasteiger partial charge on any atom is 0.139 e. The highest BCUT2D eigenvalue weighted by Gasteiger charge is 2.20. The van der Waals surface area contributed by atoms with E-state index in [0.717, 1.165) is 40.1 Å². The van der Waals surface area contributed by atoms with Crippen LogP contribution in [-0.2, 0) is 0 Å². The van der Waals surface area contributed by atoms with Crippen LogP contribution in [0.2, 0.25) is 0 Å². The van der Waals surface area contributed by atoms with E-state index < -0.39 is 0 Å². The lowest BCUT2D eigenvalue weighted by atomic mass is 9.89. The summed E-state index contributed by atoms with van der Waals surface area (Å²) in [6.45, 7) is 3.10. The fourth-order valence-corrected chi connectivity index (χ4v) is 5.24. The van der Waals surface area contributed by atoms with Crippen molar-refractivity contribution in [2.75, 3.05) is 11.9 Å². The first-order valence-electron chi connectivity index (χ1n) is 11.1. The first-order chi connectivity index (χ1) is 15.2. The van der Waals surface area contributed by atoms with Crippen molar-refractivity contribution in [3.05, 3.63) is 65.2 Å². The number of hydrogen-bond donors (Lipinski definition) is 1. The zero-order valence-corrected chi connectivity index (χ0v) is 18.7. The number of rotatable bonds is 4. The predicted molar refractivity (Wildman–Crippen MR) is 132 cm³/mol. The van der Waals surface area contributed by atoms with Crippen LogP contribution < -0.4 is 5.32 Å². The molecule has 0 unspecified atom stereocenters. The van der Waals surface area contributed by atoms with E-state index in [2.05, 4.69) is 65.2 Å². The summed E-state index contributed by atoms with van der Waals surface area (Å²) in [5, 5.41) is 5.75. The molecule has 3 aromatic heterocycles. The topological polar surface area (TPSA) is 29.3 Å². The summed E-state index contributed by atoms with van der Waals surface area (Å²) in [4.78, 5) is 5.98. The van der Waals surface area contributed by atoms with E-state index in [1.807, 2.05) is 11.4 Å². The van der Waals surface area contributed by atoms with Gasteiger partial charge in [0.25, 0.3) is 0 Å². The Bertz CT molecular complexity index is 1230. The standard InChI is InChI=1S/C21H23N3S.C6H4/c1-3-17-10-12-25-20(17)19-21(22-14-16-7-5-4-6-8-16)24-11-9-15(2)13-18(24)23-19;1-2-5-4-6(5)3-1/h1,9-13,16,22H,4-8,14H2,2H3;1-4H. The van der Waals surface area contributed by atoms with Gasteiger partial charge in [-0.1, -0.05) is 43.4 Å². The van der Waals surface area contributed by atoms with E-state index in [0.29, 0.717) is 0 Å². The number of aryl methyl sites for hydroxylation is 1. The molecule has 0 atom stereocenters. The maximum absolute atomic E-state index is 5.69. The molecule has 4 heteroatoms. The number of terminal acetylenes is 1. The van der Waals surface area contributed by atoms with Gasteiger partial charge in [0, 0.05) is 18.3 Å². The molecule has 1 N–H and O–H groups in total. The van der Waals surface area contributed by atoms with Crippen molar-refractivity contribution in [2.24, 2.45) is 5.92 Å². The van der Waals surface area contributed by atoms with Gasteiger partial charge in [0.1, 0.15) is 17.2 Å². The van der Waals surface area contributed by atoms with Crippen LogP contribution >= 0.6 is 11.3 Å². The molecular formula is C27H27N3S. The zero-order valence-electron chi connectivity index (χ0n) is 17.9. The van der Waals surface area contributed by atoms with Gasteiger partial charge in [-0.25, -0.2) is 4.98 Å². The average molecular weight is 426 g/mol. The third kappa shape index (κ3) is 4.24. The van der Waals surface area contributed by atoms with Gasteiger partial charge in [-0.15, -0.1) is 17.8 Å². The Kier molecular flexibility index (Phi) is 5.53. The molecule has 0 spiro atoms. The molecule has 0 amide bonds. The van der Waals surface area contributed by atoms with Gasteiger partial charge >= 0.3 is 0 Å². The van der Waals surface area contributed by atoms with E-state index >= 15 is 0 Å². The van der Waals surface area contributed by atoms with Gasteiger partial charge in [0.05, 0.1) is 4.88 Å². The zero-order chi connectivity index (χ0) is 21.2.